The molecule has 1 N–H and O–H groups in total. The Bertz CT molecular complexity index is 1010. The van der Waals surface area contributed by atoms with Crippen molar-refractivity contribution in [2.45, 2.75) is 26.0 Å². The van der Waals surface area contributed by atoms with Crippen LogP contribution in [-0.2, 0) is 27.3 Å². The van der Waals surface area contributed by atoms with Gasteiger partial charge in [-0.25, -0.2) is 0 Å². The Balaban J connectivity index is 1.26. The summed E-state index contributed by atoms with van der Waals surface area (Å²) >= 11 is 0. The van der Waals surface area contributed by atoms with Crippen molar-refractivity contribution >= 4 is 22.8 Å². The number of fused-ring (bicyclic) bond motifs is 1. The Kier molecular flexibility index (Phi) is 6.09. The van der Waals surface area contributed by atoms with Crippen LogP contribution in [0.25, 0.3) is 10.9 Å². The summed E-state index contributed by atoms with van der Waals surface area (Å²) in [5.41, 5.74) is 2.77. The number of ether oxygens (including phenoxy) is 1. The van der Waals surface area contributed by atoms with Gasteiger partial charge in [0.1, 0.15) is 0 Å². The Hall–Kier alpha value is -3.19. The van der Waals surface area contributed by atoms with E-state index in [2.05, 4.69) is 27.2 Å². The van der Waals surface area contributed by atoms with E-state index in [0.717, 1.165) is 30.5 Å². The molecule has 156 valence electrons. The van der Waals surface area contributed by atoms with Crippen LogP contribution in [0.3, 0.4) is 0 Å². The Morgan fingerprint density at radius 2 is 1.73 bits per heavy atom. The van der Waals surface area contributed by atoms with Gasteiger partial charge in [0.25, 0.3) is 5.91 Å². The smallest absolute Gasteiger partial charge is 0.312 e. The lowest BCUT2D eigenvalue weighted by molar-refractivity contribution is -0.159. The molecule has 0 unspecified atom stereocenters. The summed E-state index contributed by atoms with van der Waals surface area (Å²) < 4.78 is 5.42. The summed E-state index contributed by atoms with van der Waals surface area (Å²) in [6.07, 6.45) is -0.740. The SMILES string of the molecule is C[C@H](OC(=O)Cc1[nH]nc2ccccc12)C(=O)N1CCN(Cc2ccccc2)CC1. The van der Waals surface area contributed by atoms with Crippen molar-refractivity contribution in [3.05, 3.63) is 65.9 Å². The molecule has 2 aromatic carbocycles. The standard InChI is InChI=1S/C23H26N4O3/c1-17(30-22(28)15-21-19-9-5-6-10-20(19)24-25-21)23(29)27-13-11-26(12-14-27)16-18-7-3-2-4-8-18/h2-10,17H,11-16H2,1H3,(H,24,25)/t17-/m0/s1. The van der Waals surface area contributed by atoms with Crippen LogP contribution in [-0.4, -0.2) is 64.2 Å². The first-order valence-corrected chi connectivity index (χ1v) is 10.3. The lowest BCUT2D eigenvalue weighted by Gasteiger charge is -2.35. The fourth-order valence-electron chi connectivity index (χ4n) is 3.81. The number of carbonyl (C=O) groups excluding carboxylic acids is 2. The molecule has 7 nitrogen and oxygen atoms in total. The van der Waals surface area contributed by atoms with Gasteiger partial charge < -0.3 is 9.64 Å². The van der Waals surface area contributed by atoms with Gasteiger partial charge in [-0.15, -0.1) is 0 Å². The summed E-state index contributed by atoms with van der Waals surface area (Å²) in [5, 5.41) is 7.96. The average Bonchev–Trinajstić information content (AvgIpc) is 3.17. The van der Waals surface area contributed by atoms with Crippen molar-refractivity contribution in [2.75, 3.05) is 26.2 Å². The number of aromatic nitrogens is 2. The van der Waals surface area contributed by atoms with Gasteiger partial charge in [0.2, 0.25) is 0 Å². The van der Waals surface area contributed by atoms with Crippen molar-refractivity contribution in [3.8, 4) is 0 Å². The third-order valence-corrected chi connectivity index (χ3v) is 5.45. The first kappa shape index (κ1) is 20.1. The maximum atomic E-state index is 12.7. The topological polar surface area (TPSA) is 78.5 Å². The highest BCUT2D eigenvalue weighted by molar-refractivity contribution is 5.87. The lowest BCUT2D eigenvalue weighted by Crippen LogP contribution is -2.51. The number of para-hydroxylation sites is 1. The Morgan fingerprint density at radius 3 is 2.50 bits per heavy atom. The third-order valence-electron chi connectivity index (χ3n) is 5.45. The monoisotopic (exact) mass is 406 g/mol. The van der Waals surface area contributed by atoms with E-state index in [-0.39, 0.29) is 12.3 Å². The van der Waals surface area contributed by atoms with Crippen molar-refractivity contribution in [3.63, 3.8) is 0 Å². The summed E-state index contributed by atoms with van der Waals surface area (Å²) in [6, 6.07) is 17.9. The van der Waals surface area contributed by atoms with Crippen LogP contribution in [0, 0.1) is 0 Å². The van der Waals surface area contributed by atoms with Crippen LogP contribution < -0.4 is 0 Å². The highest BCUT2D eigenvalue weighted by Gasteiger charge is 2.27. The maximum absolute atomic E-state index is 12.7. The predicted octanol–water partition coefficient (Wildman–Crippen LogP) is 2.38. The molecule has 0 radical (unpaired) electrons. The van der Waals surface area contributed by atoms with E-state index >= 15 is 0 Å². The van der Waals surface area contributed by atoms with E-state index in [0.29, 0.717) is 18.8 Å². The van der Waals surface area contributed by atoms with E-state index in [9.17, 15) is 9.59 Å². The number of nitrogens with one attached hydrogen (secondary N) is 1. The van der Waals surface area contributed by atoms with Crippen molar-refractivity contribution < 1.29 is 14.3 Å². The van der Waals surface area contributed by atoms with Gasteiger partial charge in [-0.2, -0.15) is 5.10 Å². The van der Waals surface area contributed by atoms with Gasteiger partial charge in [-0.3, -0.25) is 19.6 Å². The predicted molar refractivity (Wildman–Crippen MR) is 114 cm³/mol. The maximum Gasteiger partial charge on any atom is 0.312 e. The van der Waals surface area contributed by atoms with E-state index in [1.807, 2.05) is 42.5 Å². The summed E-state index contributed by atoms with van der Waals surface area (Å²) in [7, 11) is 0. The van der Waals surface area contributed by atoms with Gasteiger partial charge in [0, 0.05) is 38.1 Å². The van der Waals surface area contributed by atoms with Crippen LogP contribution in [0.5, 0.6) is 0 Å². The molecule has 0 aliphatic carbocycles. The molecule has 1 aromatic heterocycles. The molecule has 1 fully saturated rings. The third kappa shape index (κ3) is 4.68. The highest BCUT2D eigenvalue weighted by Crippen LogP contribution is 2.16. The summed E-state index contributed by atoms with van der Waals surface area (Å²) in [5.74, 6) is -0.579. The number of piperazine rings is 1. The van der Waals surface area contributed by atoms with Crippen LogP contribution in [0.15, 0.2) is 54.6 Å². The second-order valence-electron chi connectivity index (χ2n) is 7.62. The second kappa shape index (κ2) is 9.09. The number of hydrogen-bond donors (Lipinski definition) is 1. The molecule has 0 saturated carbocycles. The molecule has 4 rings (SSSR count). The fraction of sp³-hybridized carbons (Fsp3) is 0.348. The number of esters is 1. The zero-order valence-electron chi connectivity index (χ0n) is 17.1. The molecule has 1 aliphatic heterocycles. The molecule has 1 amide bonds. The quantitative estimate of drug-likeness (QED) is 0.636. The minimum Gasteiger partial charge on any atom is -0.452 e. The minimum atomic E-state index is -0.799. The average molecular weight is 406 g/mol. The fourth-order valence-corrected chi connectivity index (χ4v) is 3.81. The molecule has 2 heterocycles. The molecule has 30 heavy (non-hydrogen) atoms. The van der Waals surface area contributed by atoms with Crippen LogP contribution in [0.4, 0.5) is 0 Å². The molecule has 1 atom stereocenters. The largest absolute Gasteiger partial charge is 0.452 e. The number of rotatable bonds is 6. The second-order valence-corrected chi connectivity index (χ2v) is 7.62. The van der Waals surface area contributed by atoms with Crippen LogP contribution >= 0.6 is 0 Å². The summed E-state index contributed by atoms with van der Waals surface area (Å²) in [6.45, 7) is 5.41. The number of amides is 1. The van der Waals surface area contributed by atoms with Gasteiger partial charge in [0.05, 0.1) is 17.6 Å². The molecule has 0 bridgehead atoms. The van der Waals surface area contributed by atoms with Crippen LogP contribution in [0.2, 0.25) is 0 Å². The molecule has 0 spiro atoms. The van der Waals surface area contributed by atoms with Crippen LogP contribution in [0.1, 0.15) is 18.2 Å². The first-order chi connectivity index (χ1) is 14.6. The number of benzene rings is 2. The molecular weight excluding hydrogens is 380 g/mol. The van der Waals surface area contributed by atoms with Gasteiger partial charge >= 0.3 is 5.97 Å². The van der Waals surface area contributed by atoms with Gasteiger partial charge in [-0.1, -0.05) is 48.5 Å². The molecule has 3 aromatic rings. The molecule has 1 aliphatic rings. The number of nitrogens with zero attached hydrogens (tertiary/aromatic N) is 3. The van der Waals surface area contributed by atoms with E-state index in [1.54, 1.807) is 11.8 Å². The highest BCUT2D eigenvalue weighted by atomic mass is 16.5. The molecule has 7 heteroatoms. The van der Waals surface area contributed by atoms with Gasteiger partial charge in [-0.05, 0) is 18.6 Å². The number of aromatic amines is 1. The van der Waals surface area contributed by atoms with E-state index in [1.165, 1.54) is 5.56 Å². The van der Waals surface area contributed by atoms with Crippen molar-refractivity contribution in [2.24, 2.45) is 0 Å². The first-order valence-electron chi connectivity index (χ1n) is 10.3. The minimum absolute atomic E-state index is 0.0585. The Morgan fingerprint density at radius 1 is 1.03 bits per heavy atom. The number of H-pyrrole nitrogens is 1. The summed E-state index contributed by atoms with van der Waals surface area (Å²) in [4.78, 5) is 29.2. The zero-order valence-corrected chi connectivity index (χ0v) is 17.1. The molecule has 1 saturated heterocycles. The van der Waals surface area contributed by atoms with E-state index < -0.39 is 12.1 Å². The Labute approximate surface area is 175 Å². The van der Waals surface area contributed by atoms with E-state index in [4.69, 9.17) is 4.74 Å². The molecular formula is C23H26N4O3. The van der Waals surface area contributed by atoms with Crippen molar-refractivity contribution in [1.29, 1.82) is 0 Å². The zero-order chi connectivity index (χ0) is 20.9. The number of hydrogen-bond acceptors (Lipinski definition) is 5. The normalized spacial score (nSPS) is 15.8. The number of carbonyl (C=O) groups is 2. The van der Waals surface area contributed by atoms with Crippen molar-refractivity contribution in [1.82, 2.24) is 20.0 Å². The lowest BCUT2D eigenvalue weighted by atomic mass is 10.1. The van der Waals surface area contributed by atoms with Gasteiger partial charge in [0.15, 0.2) is 6.10 Å².